The zero-order chi connectivity index (χ0) is 15.6. The van der Waals surface area contributed by atoms with Crippen LogP contribution in [0.2, 0.25) is 0 Å². The fourth-order valence-electron chi connectivity index (χ4n) is 2.17. The van der Waals surface area contributed by atoms with Gasteiger partial charge in [-0.15, -0.1) is 0 Å². The van der Waals surface area contributed by atoms with E-state index in [9.17, 15) is 15.0 Å². The highest BCUT2D eigenvalue weighted by Crippen LogP contribution is 2.27. The lowest BCUT2D eigenvalue weighted by Crippen LogP contribution is -2.29. The zero-order valence-corrected chi connectivity index (χ0v) is 11.5. The highest BCUT2D eigenvalue weighted by atomic mass is 16.5. The fraction of sp³-hybridized carbons (Fsp3) is 0.0625. The van der Waals surface area contributed by atoms with Crippen LogP contribution in [0.5, 0.6) is 0 Å². The number of ketones is 1. The van der Waals surface area contributed by atoms with E-state index in [0.717, 1.165) is 0 Å². The normalized spacial score (nSPS) is 11.4. The van der Waals surface area contributed by atoms with Gasteiger partial charge < -0.3 is 10.2 Å². The Morgan fingerprint density at radius 3 is 2.14 bits per heavy atom. The van der Waals surface area contributed by atoms with Gasteiger partial charge in [-0.25, -0.2) is 0 Å². The van der Waals surface area contributed by atoms with E-state index in [2.05, 4.69) is 15.4 Å². The first-order chi connectivity index (χ1) is 10.6. The van der Waals surface area contributed by atoms with Gasteiger partial charge in [-0.2, -0.15) is 15.4 Å². The summed E-state index contributed by atoms with van der Waals surface area (Å²) in [5.41, 5.74) is 0.236. The van der Waals surface area contributed by atoms with Crippen LogP contribution in [0.15, 0.2) is 60.7 Å². The molecule has 0 radical (unpaired) electrons. The molecule has 1 heterocycles. The molecule has 2 aromatic carbocycles. The molecule has 1 aromatic heterocycles. The molecule has 3 aromatic rings. The molecule has 3 rings (SSSR count). The molecule has 0 fully saturated rings. The van der Waals surface area contributed by atoms with Gasteiger partial charge in [-0.05, 0) is 0 Å². The number of hydrogen-bond donors (Lipinski definition) is 3. The molecule has 6 nitrogen and oxygen atoms in total. The van der Waals surface area contributed by atoms with Gasteiger partial charge >= 0.3 is 0 Å². The molecule has 0 saturated heterocycles. The maximum absolute atomic E-state index is 12.5. The Morgan fingerprint density at radius 2 is 1.50 bits per heavy atom. The van der Waals surface area contributed by atoms with Crippen molar-refractivity contribution < 1.29 is 15.0 Å². The lowest BCUT2D eigenvalue weighted by molar-refractivity contribution is -0.135. The minimum Gasteiger partial charge on any atom is -0.357 e. The maximum atomic E-state index is 12.5. The SMILES string of the molecule is O=C(c1ccccc1)c1n[nH]nc1C(O)(O)c1ccccc1. The molecule has 3 N–H and O–H groups in total. The molecule has 0 saturated carbocycles. The molecule has 0 unspecified atom stereocenters. The Hall–Kier alpha value is -2.83. The Labute approximate surface area is 126 Å². The van der Waals surface area contributed by atoms with Crippen molar-refractivity contribution in [3.63, 3.8) is 0 Å². The Kier molecular flexibility index (Phi) is 3.54. The van der Waals surface area contributed by atoms with Crippen LogP contribution in [0.4, 0.5) is 0 Å². The van der Waals surface area contributed by atoms with Gasteiger partial charge in [-0.3, -0.25) is 4.79 Å². The van der Waals surface area contributed by atoms with E-state index in [1.807, 2.05) is 0 Å². The topological polar surface area (TPSA) is 99.1 Å². The molecule has 0 aliphatic heterocycles. The van der Waals surface area contributed by atoms with Crippen molar-refractivity contribution in [2.45, 2.75) is 5.79 Å². The van der Waals surface area contributed by atoms with Crippen molar-refractivity contribution in [1.29, 1.82) is 0 Å². The van der Waals surface area contributed by atoms with Crippen LogP contribution in [0.25, 0.3) is 0 Å². The molecule has 6 heteroatoms. The van der Waals surface area contributed by atoms with Crippen molar-refractivity contribution in [1.82, 2.24) is 15.4 Å². The van der Waals surface area contributed by atoms with Gasteiger partial charge in [0.25, 0.3) is 0 Å². The van der Waals surface area contributed by atoms with Gasteiger partial charge in [0.05, 0.1) is 0 Å². The third kappa shape index (κ3) is 2.41. The number of carbonyl (C=O) groups is 1. The lowest BCUT2D eigenvalue weighted by atomic mass is 9.98. The summed E-state index contributed by atoms with van der Waals surface area (Å²) >= 11 is 0. The summed E-state index contributed by atoms with van der Waals surface area (Å²) in [6.45, 7) is 0. The Balaban J connectivity index is 2.04. The van der Waals surface area contributed by atoms with Crippen molar-refractivity contribution in [2.75, 3.05) is 0 Å². The van der Waals surface area contributed by atoms with E-state index in [1.54, 1.807) is 48.5 Å². The molecule has 0 amide bonds. The number of carbonyl (C=O) groups excluding carboxylic acids is 1. The predicted molar refractivity (Wildman–Crippen MR) is 77.9 cm³/mol. The standard InChI is InChI=1S/C16H13N3O3/c20-14(11-7-3-1-4-8-11)13-15(18-19-17-13)16(21,22)12-9-5-2-6-10-12/h1-10,21-22H,(H,17,18,19). The number of rotatable bonds is 4. The summed E-state index contributed by atoms with van der Waals surface area (Å²) in [5, 5.41) is 30.6. The number of nitrogens with zero attached hydrogens (tertiary/aromatic N) is 2. The van der Waals surface area contributed by atoms with Crippen LogP contribution in [0.1, 0.15) is 27.3 Å². The van der Waals surface area contributed by atoms with Crippen LogP contribution in [-0.4, -0.2) is 31.4 Å². The van der Waals surface area contributed by atoms with E-state index in [4.69, 9.17) is 0 Å². The minimum absolute atomic E-state index is 0.125. The molecule has 0 spiro atoms. The summed E-state index contributed by atoms with van der Waals surface area (Å²) in [4.78, 5) is 12.5. The zero-order valence-electron chi connectivity index (χ0n) is 11.5. The number of aliphatic hydroxyl groups is 2. The molecule has 22 heavy (non-hydrogen) atoms. The molecule has 110 valence electrons. The molecular formula is C16H13N3O3. The highest BCUT2D eigenvalue weighted by molar-refractivity contribution is 6.08. The number of hydrogen-bond acceptors (Lipinski definition) is 5. The van der Waals surface area contributed by atoms with E-state index in [0.29, 0.717) is 5.56 Å². The van der Waals surface area contributed by atoms with Gasteiger partial charge in [0.1, 0.15) is 0 Å². The number of H-pyrrole nitrogens is 1. The number of aromatic amines is 1. The van der Waals surface area contributed by atoms with Crippen LogP contribution >= 0.6 is 0 Å². The van der Waals surface area contributed by atoms with Crippen molar-refractivity contribution >= 4 is 5.78 Å². The van der Waals surface area contributed by atoms with Gasteiger partial charge in [0.2, 0.25) is 11.6 Å². The van der Waals surface area contributed by atoms with Gasteiger partial charge in [-0.1, -0.05) is 60.7 Å². The highest BCUT2D eigenvalue weighted by Gasteiger charge is 2.36. The Bertz CT molecular complexity index is 783. The van der Waals surface area contributed by atoms with Crippen molar-refractivity contribution in [3.8, 4) is 0 Å². The third-order valence-corrected chi connectivity index (χ3v) is 3.31. The van der Waals surface area contributed by atoms with Crippen LogP contribution in [0, 0.1) is 0 Å². The molecule has 0 bridgehead atoms. The van der Waals surface area contributed by atoms with Gasteiger partial charge in [0.15, 0.2) is 11.4 Å². The van der Waals surface area contributed by atoms with Crippen LogP contribution < -0.4 is 0 Å². The fourth-order valence-corrected chi connectivity index (χ4v) is 2.17. The lowest BCUT2D eigenvalue weighted by Gasteiger charge is -2.20. The first kappa shape index (κ1) is 14.1. The van der Waals surface area contributed by atoms with Crippen molar-refractivity contribution in [3.05, 3.63) is 83.2 Å². The summed E-state index contributed by atoms with van der Waals surface area (Å²) < 4.78 is 0. The monoisotopic (exact) mass is 295 g/mol. The Morgan fingerprint density at radius 1 is 0.909 bits per heavy atom. The largest absolute Gasteiger partial charge is 0.357 e. The smallest absolute Gasteiger partial charge is 0.239 e. The first-order valence-electron chi connectivity index (χ1n) is 6.62. The average Bonchev–Trinajstić information content (AvgIpc) is 3.06. The number of nitrogens with one attached hydrogen (secondary N) is 1. The summed E-state index contributed by atoms with van der Waals surface area (Å²) in [6.07, 6.45) is 0. The van der Waals surface area contributed by atoms with Gasteiger partial charge in [0, 0.05) is 11.1 Å². The molecule has 0 aliphatic rings. The number of benzene rings is 2. The molecule has 0 atom stereocenters. The summed E-state index contributed by atoms with van der Waals surface area (Å²) in [7, 11) is 0. The second-order valence-electron chi connectivity index (χ2n) is 4.75. The summed E-state index contributed by atoms with van der Waals surface area (Å²) in [5.74, 6) is -2.85. The maximum Gasteiger partial charge on any atom is 0.239 e. The van der Waals surface area contributed by atoms with E-state index in [1.165, 1.54) is 12.1 Å². The number of aromatic nitrogens is 3. The van der Waals surface area contributed by atoms with E-state index in [-0.39, 0.29) is 17.0 Å². The molecular weight excluding hydrogens is 282 g/mol. The molecule has 0 aliphatic carbocycles. The third-order valence-electron chi connectivity index (χ3n) is 3.31. The van der Waals surface area contributed by atoms with Crippen LogP contribution in [0.3, 0.4) is 0 Å². The predicted octanol–water partition coefficient (Wildman–Crippen LogP) is 1.22. The quantitative estimate of drug-likeness (QED) is 0.496. The second kappa shape index (κ2) is 5.51. The van der Waals surface area contributed by atoms with E-state index >= 15 is 0 Å². The van der Waals surface area contributed by atoms with E-state index < -0.39 is 11.6 Å². The average molecular weight is 295 g/mol. The second-order valence-corrected chi connectivity index (χ2v) is 4.75. The first-order valence-corrected chi connectivity index (χ1v) is 6.62. The minimum atomic E-state index is -2.41. The van der Waals surface area contributed by atoms with Crippen molar-refractivity contribution in [2.24, 2.45) is 0 Å². The van der Waals surface area contributed by atoms with Crippen LogP contribution in [-0.2, 0) is 5.79 Å². The summed E-state index contributed by atoms with van der Waals surface area (Å²) in [6, 6.07) is 16.6.